The molecule has 5 rings (SSSR count). The van der Waals surface area contributed by atoms with Crippen LogP contribution in [0.3, 0.4) is 0 Å². The molecule has 3 aromatic rings. The van der Waals surface area contributed by atoms with Crippen molar-refractivity contribution in [1.82, 2.24) is 15.2 Å². The molecule has 0 spiro atoms. The molecule has 10 heteroatoms. The number of rotatable bonds is 6. The maximum Gasteiger partial charge on any atom is 0.325 e. The van der Waals surface area contributed by atoms with Gasteiger partial charge >= 0.3 is 6.03 Å². The Morgan fingerprint density at radius 2 is 1.97 bits per heavy atom. The lowest BCUT2D eigenvalue weighted by atomic mass is 9.87. The second kappa shape index (κ2) is 8.21. The number of ether oxygens (including phenoxy) is 2. The number of benzene rings is 2. The van der Waals surface area contributed by atoms with Crippen molar-refractivity contribution in [3.8, 4) is 22.8 Å². The molecule has 0 saturated carbocycles. The van der Waals surface area contributed by atoms with Gasteiger partial charge < -0.3 is 20.1 Å². The first kappa shape index (κ1) is 21.0. The summed E-state index contributed by atoms with van der Waals surface area (Å²) >= 11 is 1.25. The number of thiazole rings is 1. The third-order valence-electron chi connectivity index (χ3n) is 5.69. The zero-order chi connectivity index (χ0) is 23.0. The van der Waals surface area contributed by atoms with Crippen LogP contribution in [0, 0.1) is 0 Å². The van der Waals surface area contributed by atoms with Crippen molar-refractivity contribution in [3.05, 3.63) is 59.5 Å². The molecule has 1 aromatic heterocycles. The van der Waals surface area contributed by atoms with Crippen LogP contribution in [-0.2, 0) is 15.1 Å². The van der Waals surface area contributed by atoms with Crippen LogP contribution in [0.4, 0.5) is 9.93 Å². The summed E-state index contributed by atoms with van der Waals surface area (Å²) in [4.78, 5) is 43.8. The Morgan fingerprint density at radius 3 is 2.76 bits per heavy atom. The molecule has 1 atom stereocenters. The number of hydrogen-bond acceptors (Lipinski definition) is 7. The summed E-state index contributed by atoms with van der Waals surface area (Å²) in [5, 5.41) is 7.62. The van der Waals surface area contributed by atoms with E-state index in [9.17, 15) is 14.4 Å². The molecule has 9 nitrogen and oxygen atoms in total. The normalized spacial score (nSPS) is 19.0. The van der Waals surface area contributed by atoms with Gasteiger partial charge in [0.1, 0.15) is 12.1 Å². The van der Waals surface area contributed by atoms with Gasteiger partial charge in [-0.3, -0.25) is 14.5 Å². The summed E-state index contributed by atoms with van der Waals surface area (Å²) in [6, 6.07) is 13.9. The van der Waals surface area contributed by atoms with E-state index in [-0.39, 0.29) is 6.79 Å². The number of fused-ring (bicyclic) bond motifs is 1. The van der Waals surface area contributed by atoms with Gasteiger partial charge in [0.25, 0.3) is 5.91 Å². The standard InChI is InChI=1S/C23H20N4O5S/c1-2-23(15-6-4-3-5-7-15)20(29)27(22(30)26-23)11-19(28)25-21-24-16(12-33-21)14-8-9-17-18(10-14)32-13-31-17/h3-10,12H,2,11,13H2,1H3,(H,26,30)(H,24,25,28). The number of imide groups is 1. The molecule has 1 unspecified atom stereocenters. The lowest BCUT2D eigenvalue weighted by Crippen LogP contribution is -2.44. The Balaban J connectivity index is 1.28. The van der Waals surface area contributed by atoms with Crippen molar-refractivity contribution in [2.24, 2.45) is 0 Å². The van der Waals surface area contributed by atoms with Gasteiger partial charge in [-0.1, -0.05) is 37.3 Å². The number of aromatic nitrogens is 1. The van der Waals surface area contributed by atoms with Crippen LogP contribution < -0.4 is 20.1 Å². The summed E-state index contributed by atoms with van der Waals surface area (Å²) in [6.45, 7) is 1.60. The predicted molar refractivity (Wildman–Crippen MR) is 121 cm³/mol. The molecule has 1 saturated heterocycles. The van der Waals surface area contributed by atoms with Gasteiger partial charge in [0.2, 0.25) is 12.7 Å². The second-order valence-corrected chi connectivity index (χ2v) is 8.46. The van der Waals surface area contributed by atoms with E-state index in [0.29, 0.717) is 34.3 Å². The van der Waals surface area contributed by atoms with E-state index in [4.69, 9.17) is 9.47 Å². The van der Waals surface area contributed by atoms with E-state index in [1.54, 1.807) is 23.6 Å². The maximum atomic E-state index is 13.2. The minimum Gasteiger partial charge on any atom is -0.454 e. The number of hydrogen-bond donors (Lipinski definition) is 2. The summed E-state index contributed by atoms with van der Waals surface area (Å²) in [7, 11) is 0. The van der Waals surface area contributed by atoms with Crippen molar-refractivity contribution in [3.63, 3.8) is 0 Å². The molecule has 0 aliphatic carbocycles. The van der Waals surface area contributed by atoms with E-state index in [2.05, 4.69) is 15.6 Å². The highest BCUT2D eigenvalue weighted by Crippen LogP contribution is 2.37. The van der Waals surface area contributed by atoms with Crippen molar-refractivity contribution in [2.75, 3.05) is 18.7 Å². The molecule has 2 aliphatic rings. The average Bonchev–Trinajstić information content (AvgIpc) is 3.54. The highest BCUT2D eigenvalue weighted by atomic mass is 32.1. The fourth-order valence-corrected chi connectivity index (χ4v) is 4.69. The summed E-state index contributed by atoms with van der Waals surface area (Å²) in [5.41, 5.74) is 0.993. The molecular formula is C23H20N4O5S. The van der Waals surface area contributed by atoms with E-state index >= 15 is 0 Å². The van der Waals surface area contributed by atoms with Crippen molar-refractivity contribution >= 4 is 34.3 Å². The van der Waals surface area contributed by atoms with Gasteiger partial charge in [0.05, 0.1) is 5.69 Å². The van der Waals surface area contributed by atoms with Gasteiger partial charge in [-0.25, -0.2) is 9.78 Å². The Morgan fingerprint density at radius 1 is 1.18 bits per heavy atom. The Bertz CT molecular complexity index is 1240. The molecule has 2 aromatic carbocycles. The molecule has 0 radical (unpaired) electrons. The van der Waals surface area contributed by atoms with Gasteiger partial charge in [-0.05, 0) is 30.2 Å². The maximum absolute atomic E-state index is 13.2. The zero-order valence-corrected chi connectivity index (χ0v) is 18.5. The van der Waals surface area contributed by atoms with Crippen LogP contribution in [0.1, 0.15) is 18.9 Å². The van der Waals surface area contributed by atoms with E-state index in [0.717, 1.165) is 10.5 Å². The van der Waals surface area contributed by atoms with E-state index in [1.807, 2.05) is 37.3 Å². The second-order valence-electron chi connectivity index (χ2n) is 7.60. The Kier molecular flexibility index (Phi) is 5.21. The van der Waals surface area contributed by atoms with Crippen LogP contribution in [0.5, 0.6) is 11.5 Å². The van der Waals surface area contributed by atoms with Crippen molar-refractivity contribution < 1.29 is 23.9 Å². The molecule has 2 aliphatic heterocycles. The van der Waals surface area contributed by atoms with Crippen LogP contribution in [0.2, 0.25) is 0 Å². The quantitative estimate of drug-likeness (QED) is 0.542. The number of carbonyl (C=O) groups excluding carboxylic acids is 3. The smallest absolute Gasteiger partial charge is 0.325 e. The number of nitrogens with one attached hydrogen (secondary N) is 2. The molecule has 4 amide bonds. The topological polar surface area (TPSA) is 110 Å². The first-order valence-electron chi connectivity index (χ1n) is 10.4. The molecule has 3 heterocycles. The monoisotopic (exact) mass is 464 g/mol. The Hall–Kier alpha value is -3.92. The zero-order valence-electron chi connectivity index (χ0n) is 17.7. The van der Waals surface area contributed by atoms with E-state index < -0.39 is 29.9 Å². The molecule has 2 N–H and O–H groups in total. The number of urea groups is 1. The van der Waals surface area contributed by atoms with Crippen LogP contribution in [-0.4, -0.2) is 41.1 Å². The molecular weight excluding hydrogens is 444 g/mol. The number of nitrogens with zero attached hydrogens (tertiary/aromatic N) is 2. The first-order valence-corrected chi connectivity index (χ1v) is 11.2. The number of anilines is 1. The number of amides is 4. The third-order valence-corrected chi connectivity index (χ3v) is 6.45. The lowest BCUT2D eigenvalue weighted by Gasteiger charge is -2.25. The van der Waals surface area contributed by atoms with Crippen LogP contribution >= 0.6 is 11.3 Å². The summed E-state index contributed by atoms with van der Waals surface area (Å²) in [6.07, 6.45) is 0.366. The molecule has 1 fully saturated rings. The minimum atomic E-state index is -1.17. The minimum absolute atomic E-state index is 0.184. The molecule has 33 heavy (non-hydrogen) atoms. The fourth-order valence-electron chi connectivity index (χ4n) is 3.95. The Labute approximate surface area is 193 Å². The fraction of sp³-hybridized carbons (Fsp3) is 0.217. The molecule has 168 valence electrons. The van der Waals surface area contributed by atoms with Gasteiger partial charge in [0, 0.05) is 10.9 Å². The van der Waals surface area contributed by atoms with Crippen LogP contribution in [0.15, 0.2) is 53.9 Å². The SMILES string of the molecule is CCC1(c2ccccc2)NC(=O)N(CC(=O)Nc2nc(-c3ccc4c(c3)OCO4)cs2)C1=O. The van der Waals surface area contributed by atoms with Gasteiger partial charge in [0.15, 0.2) is 16.6 Å². The highest BCUT2D eigenvalue weighted by molar-refractivity contribution is 7.14. The van der Waals surface area contributed by atoms with E-state index in [1.165, 1.54) is 11.3 Å². The van der Waals surface area contributed by atoms with Gasteiger partial charge in [-0.2, -0.15) is 0 Å². The van der Waals surface area contributed by atoms with Crippen molar-refractivity contribution in [1.29, 1.82) is 0 Å². The number of carbonyl (C=O) groups is 3. The van der Waals surface area contributed by atoms with Crippen molar-refractivity contribution in [2.45, 2.75) is 18.9 Å². The predicted octanol–water partition coefficient (Wildman–Crippen LogP) is 3.33. The van der Waals surface area contributed by atoms with Gasteiger partial charge in [-0.15, -0.1) is 11.3 Å². The average molecular weight is 465 g/mol. The summed E-state index contributed by atoms with van der Waals surface area (Å²) in [5.74, 6) is 0.360. The first-order chi connectivity index (χ1) is 16.0. The molecule has 0 bridgehead atoms. The third kappa shape index (κ3) is 3.68. The summed E-state index contributed by atoms with van der Waals surface area (Å²) < 4.78 is 10.7. The largest absolute Gasteiger partial charge is 0.454 e. The van der Waals surface area contributed by atoms with Crippen LogP contribution in [0.25, 0.3) is 11.3 Å². The lowest BCUT2D eigenvalue weighted by molar-refractivity contribution is -0.134. The highest BCUT2D eigenvalue weighted by Gasteiger charge is 2.51.